The Labute approximate surface area is 216 Å². The van der Waals surface area contributed by atoms with E-state index in [9.17, 15) is 30.3 Å². The summed E-state index contributed by atoms with van der Waals surface area (Å²) in [6.07, 6.45) is 5.52. The van der Waals surface area contributed by atoms with Crippen LogP contribution in [0.5, 0.6) is 0 Å². The molecule has 11 atom stereocenters. The van der Waals surface area contributed by atoms with Gasteiger partial charge in [-0.05, 0) is 97.7 Å². The third-order valence-corrected chi connectivity index (χ3v) is 13.3. The lowest BCUT2D eigenvalue weighted by molar-refractivity contribution is -0.245. The number of carbonyl (C=O) groups is 1. The molecule has 0 heterocycles. The molecule has 11 unspecified atom stereocenters. The smallest absolute Gasteiger partial charge is 0.312 e. The second-order valence-electron chi connectivity index (χ2n) is 15.1. The van der Waals surface area contributed by atoms with Gasteiger partial charge in [0.25, 0.3) is 0 Å². The van der Waals surface area contributed by atoms with Gasteiger partial charge in [0, 0.05) is 5.41 Å². The van der Waals surface area contributed by atoms with Crippen molar-refractivity contribution >= 4 is 5.97 Å². The first kappa shape index (κ1) is 26.6. The number of allylic oxidation sites excluding steroid dienone is 2. The van der Waals surface area contributed by atoms with Crippen LogP contribution in [0.15, 0.2) is 11.6 Å². The summed E-state index contributed by atoms with van der Waals surface area (Å²) in [6, 6.07) is 0. The van der Waals surface area contributed by atoms with Crippen LogP contribution in [0.2, 0.25) is 0 Å². The monoisotopic (exact) mass is 504 g/mol. The van der Waals surface area contributed by atoms with Crippen molar-refractivity contribution in [2.75, 3.05) is 6.61 Å². The van der Waals surface area contributed by atoms with Gasteiger partial charge in [-0.1, -0.05) is 46.3 Å². The van der Waals surface area contributed by atoms with Crippen LogP contribution in [-0.2, 0) is 4.79 Å². The van der Waals surface area contributed by atoms with Gasteiger partial charge >= 0.3 is 5.97 Å². The topological polar surface area (TPSA) is 118 Å². The van der Waals surface area contributed by atoms with Gasteiger partial charge in [-0.25, -0.2) is 0 Å². The zero-order valence-corrected chi connectivity index (χ0v) is 23.0. The van der Waals surface area contributed by atoms with Gasteiger partial charge in [0.05, 0.1) is 30.3 Å². The Kier molecular flexibility index (Phi) is 5.77. The Morgan fingerprint density at radius 2 is 1.61 bits per heavy atom. The maximum atomic E-state index is 12.6. The van der Waals surface area contributed by atoms with Gasteiger partial charge in [-0.15, -0.1) is 0 Å². The minimum Gasteiger partial charge on any atom is -0.481 e. The van der Waals surface area contributed by atoms with Crippen LogP contribution in [0.1, 0.15) is 92.9 Å². The maximum Gasteiger partial charge on any atom is 0.312 e. The summed E-state index contributed by atoms with van der Waals surface area (Å²) in [5, 5.41) is 54.5. The molecule has 0 spiro atoms. The Morgan fingerprint density at radius 1 is 0.944 bits per heavy atom. The molecular weight excluding hydrogens is 456 g/mol. The molecular formula is C30H48O6. The second kappa shape index (κ2) is 7.80. The second-order valence-corrected chi connectivity index (χ2v) is 15.1. The Hall–Kier alpha value is -0.950. The predicted molar refractivity (Wildman–Crippen MR) is 137 cm³/mol. The highest BCUT2D eigenvalue weighted by atomic mass is 16.4. The molecule has 204 valence electrons. The number of fused-ring (bicyclic) bond motifs is 7. The lowest BCUT2D eigenvalue weighted by atomic mass is 9.33. The van der Waals surface area contributed by atoms with E-state index in [0.717, 1.165) is 32.1 Å². The Balaban J connectivity index is 1.63. The van der Waals surface area contributed by atoms with Crippen LogP contribution >= 0.6 is 0 Å². The average Bonchev–Trinajstić information content (AvgIpc) is 2.77. The number of hydrogen-bond acceptors (Lipinski definition) is 5. The molecule has 6 nitrogen and oxygen atoms in total. The number of hydrogen-bond donors (Lipinski definition) is 5. The number of aliphatic hydroxyl groups is 4. The molecule has 4 saturated carbocycles. The fourth-order valence-electron chi connectivity index (χ4n) is 10.8. The molecule has 0 aromatic rings. The van der Waals surface area contributed by atoms with Crippen molar-refractivity contribution in [2.45, 2.75) is 111 Å². The molecule has 0 amide bonds. The van der Waals surface area contributed by atoms with E-state index in [4.69, 9.17) is 0 Å². The van der Waals surface area contributed by atoms with E-state index in [-0.39, 0.29) is 40.6 Å². The minimum atomic E-state index is -1.40. The molecule has 0 bridgehead atoms. The van der Waals surface area contributed by atoms with Gasteiger partial charge in [0.1, 0.15) is 0 Å². The number of aliphatic carboxylic acids is 1. The van der Waals surface area contributed by atoms with Gasteiger partial charge in [0.15, 0.2) is 0 Å². The van der Waals surface area contributed by atoms with E-state index in [1.165, 1.54) is 5.57 Å². The van der Waals surface area contributed by atoms with E-state index < -0.39 is 40.5 Å². The standard InChI is InChI=1S/C30H48O6/c1-25(2)11-12-30(16-31)18(13-25)17-7-8-20-26(3)14-19(32)23(34)29(6,24(35)36)21(26)9-10-27(20,4)28(17,5)15-22(30)33/h7,18-23,31-34H,8-16H2,1-6H3,(H,35,36). The van der Waals surface area contributed by atoms with Crippen LogP contribution < -0.4 is 0 Å². The van der Waals surface area contributed by atoms with E-state index in [1.54, 1.807) is 6.92 Å². The molecule has 0 aromatic heterocycles. The quantitative estimate of drug-likeness (QED) is 0.361. The van der Waals surface area contributed by atoms with E-state index >= 15 is 0 Å². The van der Waals surface area contributed by atoms with Crippen LogP contribution in [-0.4, -0.2) is 56.4 Å². The van der Waals surface area contributed by atoms with Gasteiger partial charge in [0.2, 0.25) is 0 Å². The van der Waals surface area contributed by atoms with Gasteiger partial charge in [-0.2, -0.15) is 0 Å². The minimum absolute atomic E-state index is 0.00329. The van der Waals surface area contributed by atoms with E-state index in [1.807, 2.05) is 0 Å². The summed E-state index contributed by atoms with van der Waals surface area (Å²) in [4.78, 5) is 12.6. The zero-order valence-electron chi connectivity index (χ0n) is 23.0. The Bertz CT molecular complexity index is 974. The molecule has 5 aliphatic rings. The third-order valence-electron chi connectivity index (χ3n) is 13.3. The summed E-state index contributed by atoms with van der Waals surface area (Å²) in [6.45, 7) is 13.0. The average molecular weight is 505 g/mol. The van der Waals surface area contributed by atoms with Crippen molar-refractivity contribution in [3.8, 4) is 0 Å². The summed E-state index contributed by atoms with van der Waals surface area (Å²) in [7, 11) is 0. The van der Waals surface area contributed by atoms with Crippen molar-refractivity contribution < 1.29 is 30.3 Å². The number of carboxylic acid groups (broad SMARTS) is 1. The zero-order chi connectivity index (χ0) is 26.7. The summed E-state index contributed by atoms with van der Waals surface area (Å²) in [5.74, 6) is -1.01. The Morgan fingerprint density at radius 3 is 2.22 bits per heavy atom. The summed E-state index contributed by atoms with van der Waals surface area (Å²) in [5.41, 5.74) is -1.26. The van der Waals surface area contributed by atoms with Crippen molar-refractivity contribution in [3.63, 3.8) is 0 Å². The molecule has 0 saturated heterocycles. The molecule has 0 radical (unpaired) electrons. The first-order valence-electron chi connectivity index (χ1n) is 14.1. The molecule has 5 rings (SSSR count). The van der Waals surface area contributed by atoms with Crippen LogP contribution in [0.25, 0.3) is 0 Å². The van der Waals surface area contributed by atoms with Gasteiger partial charge in [-0.3, -0.25) is 4.79 Å². The molecule has 5 N–H and O–H groups in total. The van der Waals surface area contributed by atoms with Crippen molar-refractivity contribution in [1.82, 2.24) is 0 Å². The highest BCUT2D eigenvalue weighted by Crippen LogP contribution is 2.75. The molecule has 0 aromatic carbocycles. The first-order valence-corrected chi connectivity index (χ1v) is 14.1. The first-order chi connectivity index (χ1) is 16.5. The molecule has 4 fully saturated rings. The lowest BCUT2D eigenvalue weighted by Gasteiger charge is -2.72. The van der Waals surface area contributed by atoms with Crippen molar-refractivity contribution in [1.29, 1.82) is 0 Å². The van der Waals surface area contributed by atoms with E-state index in [2.05, 4.69) is 40.7 Å². The third kappa shape index (κ3) is 3.02. The summed E-state index contributed by atoms with van der Waals surface area (Å²) >= 11 is 0. The number of aliphatic hydroxyl groups excluding tert-OH is 4. The number of rotatable bonds is 2. The van der Waals surface area contributed by atoms with Crippen molar-refractivity contribution in [3.05, 3.63) is 11.6 Å². The van der Waals surface area contributed by atoms with Crippen LogP contribution in [0, 0.1) is 50.2 Å². The largest absolute Gasteiger partial charge is 0.481 e. The normalized spacial score (nSPS) is 55.9. The molecule has 36 heavy (non-hydrogen) atoms. The van der Waals surface area contributed by atoms with Crippen molar-refractivity contribution in [2.24, 2.45) is 50.2 Å². The molecule has 0 aliphatic heterocycles. The maximum absolute atomic E-state index is 12.6. The summed E-state index contributed by atoms with van der Waals surface area (Å²) < 4.78 is 0. The SMILES string of the molecule is CC1(C)CCC2(CO)C(O)CC3(C)C(=CCC4C5(C)CC(O)C(O)C(C)(C(=O)O)C5CCC43C)C2C1. The van der Waals surface area contributed by atoms with Crippen LogP contribution in [0.4, 0.5) is 0 Å². The molecule has 5 aliphatic carbocycles. The lowest BCUT2D eigenvalue weighted by Crippen LogP contribution is -2.69. The predicted octanol–water partition coefficient (Wildman–Crippen LogP) is 4.15. The highest BCUT2D eigenvalue weighted by Gasteiger charge is 2.72. The van der Waals surface area contributed by atoms with Crippen LogP contribution in [0.3, 0.4) is 0 Å². The van der Waals surface area contributed by atoms with E-state index in [0.29, 0.717) is 19.3 Å². The number of carboxylic acids is 1. The highest BCUT2D eigenvalue weighted by molar-refractivity contribution is 5.76. The van der Waals surface area contributed by atoms with Gasteiger partial charge < -0.3 is 25.5 Å². The molecule has 6 heteroatoms. The fraction of sp³-hybridized carbons (Fsp3) is 0.900. The fourth-order valence-corrected chi connectivity index (χ4v) is 10.8.